The first kappa shape index (κ1) is 13.1. The Morgan fingerprint density at radius 2 is 1.79 bits per heavy atom. The highest BCUT2D eigenvalue weighted by atomic mass is 16.5. The molecule has 1 unspecified atom stereocenters. The molecule has 0 bridgehead atoms. The molecular formula is C10H18O4. The van der Waals surface area contributed by atoms with Crippen LogP contribution in [0.1, 0.15) is 34.1 Å². The Kier molecular flexibility index (Phi) is 6.12. The molecule has 0 radical (unpaired) electrons. The normalized spacial score (nSPS) is 12.6. The predicted molar refractivity (Wildman–Crippen MR) is 51.9 cm³/mol. The molecule has 0 aromatic heterocycles. The van der Waals surface area contributed by atoms with Gasteiger partial charge < -0.3 is 9.47 Å². The van der Waals surface area contributed by atoms with Crippen molar-refractivity contribution in [3.63, 3.8) is 0 Å². The third-order valence-electron chi connectivity index (χ3n) is 1.61. The summed E-state index contributed by atoms with van der Waals surface area (Å²) in [6.45, 7) is 6.92. The summed E-state index contributed by atoms with van der Waals surface area (Å²) in [6.07, 6.45) is -0.419. The van der Waals surface area contributed by atoms with Gasteiger partial charge in [0, 0.05) is 6.42 Å². The second-order valence-corrected chi connectivity index (χ2v) is 3.31. The highest BCUT2D eigenvalue weighted by molar-refractivity contribution is 5.86. The lowest BCUT2D eigenvalue weighted by molar-refractivity contribution is -0.155. The van der Waals surface area contributed by atoms with Crippen molar-refractivity contribution in [3.05, 3.63) is 0 Å². The van der Waals surface area contributed by atoms with Crippen LogP contribution in [-0.2, 0) is 19.1 Å². The Bertz CT molecular complexity index is 198. The molecule has 0 fully saturated rings. The van der Waals surface area contributed by atoms with Crippen LogP contribution in [0, 0.1) is 0 Å². The lowest BCUT2D eigenvalue weighted by Gasteiger charge is -2.12. The van der Waals surface area contributed by atoms with Gasteiger partial charge in [0.15, 0.2) is 11.9 Å². The summed E-state index contributed by atoms with van der Waals surface area (Å²) in [5.74, 6) is -0.573. The first-order valence-electron chi connectivity index (χ1n) is 4.81. The van der Waals surface area contributed by atoms with Crippen LogP contribution in [0.25, 0.3) is 0 Å². The standard InChI is InChI=1S/C10H18O4/c1-5-10(12)14-8(4)9(11)6-13-7(2)3/h7-8H,5-6H2,1-4H3. The zero-order valence-electron chi connectivity index (χ0n) is 9.20. The number of esters is 1. The van der Waals surface area contributed by atoms with Crippen LogP contribution in [0.2, 0.25) is 0 Å². The molecule has 82 valence electrons. The summed E-state index contributed by atoms with van der Waals surface area (Å²) < 4.78 is 9.92. The maximum Gasteiger partial charge on any atom is 0.306 e. The molecule has 0 N–H and O–H groups in total. The van der Waals surface area contributed by atoms with Gasteiger partial charge in [-0.25, -0.2) is 0 Å². The minimum absolute atomic E-state index is 0.00414. The summed E-state index contributed by atoms with van der Waals surface area (Å²) in [5.41, 5.74) is 0. The highest BCUT2D eigenvalue weighted by Gasteiger charge is 2.16. The van der Waals surface area contributed by atoms with E-state index in [-0.39, 0.29) is 30.9 Å². The van der Waals surface area contributed by atoms with Crippen LogP contribution < -0.4 is 0 Å². The maximum absolute atomic E-state index is 11.3. The molecule has 0 heterocycles. The maximum atomic E-state index is 11.3. The van der Waals surface area contributed by atoms with Crippen molar-refractivity contribution in [2.24, 2.45) is 0 Å². The van der Waals surface area contributed by atoms with E-state index in [1.807, 2.05) is 13.8 Å². The number of ketones is 1. The van der Waals surface area contributed by atoms with Crippen molar-refractivity contribution in [1.82, 2.24) is 0 Å². The summed E-state index contributed by atoms with van der Waals surface area (Å²) in [4.78, 5) is 22.1. The smallest absolute Gasteiger partial charge is 0.306 e. The average molecular weight is 202 g/mol. The number of rotatable bonds is 6. The van der Waals surface area contributed by atoms with Gasteiger partial charge in [-0.15, -0.1) is 0 Å². The number of carbonyl (C=O) groups excluding carboxylic acids is 2. The fourth-order valence-corrected chi connectivity index (χ4v) is 0.712. The molecule has 4 heteroatoms. The monoisotopic (exact) mass is 202 g/mol. The molecular weight excluding hydrogens is 184 g/mol. The number of hydrogen-bond acceptors (Lipinski definition) is 4. The van der Waals surface area contributed by atoms with Crippen LogP contribution in [0.3, 0.4) is 0 Å². The fourth-order valence-electron chi connectivity index (χ4n) is 0.712. The third kappa shape index (κ3) is 5.70. The van der Waals surface area contributed by atoms with Gasteiger partial charge in [-0.3, -0.25) is 9.59 Å². The molecule has 0 aromatic carbocycles. The minimum atomic E-state index is -0.707. The molecule has 0 aliphatic carbocycles. The molecule has 0 saturated carbocycles. The topological polar surface area (TPSA) is 52.6 Å². The van der Waals surface area contributed by atoms with E-state index in [1.54, 1.807) is 13.8 Å². The Hall–Kier alpha value is -0.900. The Balaban J connectivity index is 3.82. The second kappa shape index (κ2) is 6.54. The van der Waals surface area contributed by atoms with Crippen LogP contribution in [0.4, 0.5) is 0 Å². The lowest BCUT2D eigenvalue weighted by Crippen LogP contribution is -2.28. The zero-order valence-corrected chi connectivity index (χ0v) is 9.20. The van der Waals surface area contributed by atoms with Gasteiger partial charge in [-0.1, -0.05) is 6.92 Å². The van der Waals surface area contributed by atoms with Crippen molar-refractivity contribution in [3.8, 4) is 0 Å². The van der Waals surface area contributed by atoms with Crippen molar-refractivity contribution >= 4 is 11.8 Å². The van der Waals surface area contributed by atoms with E-state index < -0.39 is 6.10 Å². The van der Waals surface area contributed by atoms with E-state index in [4.69, 9.17) is 9.47 Å². The highest BCUT2D eigenvalue weighted by Crippen LogP contribution is 1.98. The largest absolute Gasteiger partial charge is 0.455 e. The van der Waals surface area contributed by atoms with Crippen LogP contribution >= 0.6 is 0 Å². The van der Waals surface area contributed by atoms with Crippen molar-refractivity contribution in [2.45, 2.75) is 46.3 Å². The van der Waals surface area contributed by atoms with Crippen molar-refractivity contribution in [2.75, 3.05) is 6.61 Å². The van der Waals surface area contributed by atoms with Crippen LogP contribution in [0.5, 0.6) is 0 Å². The molecule has 0 spiro atoms. The Morgan fingerprint density at radius 1 is 1.21 bits per heavy atom. The first-order chi connectivity index (χ1) is 6.47. The predicted octanol–water partition coefficient (Wildman–Crippen LogP) is 1.32. The lowest BCUT2D eigenvalue weighted by atomic mass is 10.2. The van der Waals surface area contributed by atoms with E-state index in [1.165, 1.54) is 0 Å². The molecule has 1 atom stereocenters. The van der Waals surface area contributed by atoms with Crippen molar-refractivity contribution in [1.29, 1.82) is 0 Å². The van der Waals surface area contributed by atoms with Crippen molar-refractivity contribution < 1.29 is 19.1 Å². The van der Waals surface area contributed by atoms with Gasteiger partial charge >= 0.3 is 5.97 Å². The Morgan fingerprint density at radius 3 is 2.21 bits per heavy atom. The van der Waals surface area contributed by atoms with Gasteiger partial charge in [-0.2, -0.15) is 0 Å². The summed E-state index contributed by atoms with van der Waals surface area (Å²) in [7, 11) is 0. The number of ether oxygens (including phenoxy) is 2. The van der Waals surface area contributed by atoms with Crippen LogP contribution in [0.15, 0.2) is 0 Å². The van der Waals surface area contributed by atoms with Gasteiger partial charge in [0.05, 0.1) is 6.10 Å². The third-order valence-corrected chi connectivity index (χ3v) is 1.61. The minimum Gasteiger partial charge on any atom is -0.455 e. The number of Topliss-reactive ketones (excluding diaryl/α,β-unsaturated/α-hetero) is 1. The molecule has 0 amide bonds. The molecule has 0 aliphatic rings. The van der Waals surface area contributed by atoms with Gasteiger partial charge in [0.1, 0.15) is 6.61 Å². The SMILES string of the molecule is CCC(=O)OC(C)C(=O)COC(C)C. The van der Waals surface area contributed by atoms with E-state index >= 15 is 0 Å². The molecule has 0 rings (SSSR count). The molecule has 0 saturated heterocycles. The quantitative estimate of drug-likeness (QED) is 0.609. The summed E-state index contributed by atoms with van der Waals surface area (Å²) in [6, 6.07) is 0. The molecule has 0 aromatic rings. The molecule has 14 heavy (non-hydrogen) atoms. The van der Waals surface area contributed by atoms with E-state index in [0.717, 1.165) is 0 Å². The van der Waals surface area contributed by atoms with E-state index in [2.05, 4.69) is 0 Å². The molecule has 0 aliphatic heterocycles. The second-order valence-electron chi connectivity index (χ2n) is 3.31. The fraction of sp³-hybridized carbons (Fsp3) is 0.800. The van der Waals surface area contributed by atoms with E-state index in [9.17, 15) is 9.59 Å². The summed E-state index contributed by atoms with van der Waals surface area (Å²) >= 11 is 0. The van der Waals surface area contributed by atoms with Gasteiger partial charge in [0.25, 0.3) is 0 Å². The first-order valence-corrected chi connectivity index (χ1v) is 4.81. The zero-order chi connectivity index (χ0) is 11.1. The summed E-state index contributed by atoms with van der Waals surface area (Å²) in [5, 5.41) is 0. The Labute approximate surface area is 84.6 Å². The van der Waals surface area contributed by atoms with E-state index in [0.29, 0.717) is 0 Å². The number of carbonyl (C=O) groups is 2. The van der Waals surface area contributed by atoms with Gasteiger partial charge in [-0.05, 0) is 20.8 Å². The number of hydrogen-bond donors (Lipinski definition) is 0. The average Bonchev–Trinajstić information content (AvgIpc) is 2.13. The van der Waals surface area contributed by atoms with Gasteiger partial charge in [0.2, 0.25) is 0 Å². The molecule has 4 nitrogen and oxygen atoms in total. The van der Waals surface area contributed by atoms with Crippen LogP contribution in [-0.4, -0.2) is 30.6 Å².